The molecule has 5 rings (SSSR count). The number of carbonyl (C=O) groups excluding carboxylic acids is 1. The van der Waals surface area contributed by atoms with Crippen molar-refractivity contribution in [2.75, 3.05) is 26.9 Å². The number of benzene rings is 2. The maximum Gasteiger partial charge on any atom is 0.351 e. The zero-order valence-corrected chi connectivity index (χ0v) is 20.6. The number of ether oxygens (including phenoxy) is 4. The van der Waals surface area contributed by atoms with Gasteiger partial charge in [-0.05, 0) is 38.0 Å². The van der Waals surface area contributed by atoms with Gasteiger partial charge < -0.3 is 23.8 Å². The first-order valence-corrected chi connectivity index (χ1v) is 12.0. The highest BCUT2D eigenvalue weighted by Gasteiger charge is 2.29. The van der Waals surface area contributed by atoms with E-state index in [4.69, 9.17) is 18.9 Å². The molecule has 0 fully saturated rings. The van der Waals surface area contributed by atoms with E-state index in [1.54, 1.807) is 16.5 Å². The van der Waals surface area contributed by atoms with E-state index < -0.39 is 11.8 Å². The van der Waals surface area contributed by atoms with Crippen LogP contribution in [0.15, 0.2) is 53.3 Å². The van der Waals surface area contributed by atoms with Crippen LogP contribution in [0.5, 0.6) is 23.1 Å². The summed E-state index contributed by atoms with van der Waals surface area (Å²) in [5.74, 6) is 1.41. The summed E-state index contributed by atoms with van der Waals surface area (Å²) in [5, 5.41) is 0. The van der Waals surface area contributed by atoms with Crippen LogP contribution in [-0.4, -0.2) is 59.4 Å². The van der Waals surface area contributed by atoms with Gasteiger partial charge >= 0.3 is 5.69 Å². The predicted octanol–water partition coefficient (Wildman–Crippen LogP) is 2.93. The maximum atomic E-state index is 13.0. The Balaban J connectivity index is 1.46. The van der Waals surface area contributed by atoms with Crippen molar-refractivity contribution in [3.8, 4) is 34.4 Å². The van der Waals surface area contributed by atoms with Crippen LogP contribution in [0.3, 0.4) is 0 Å². The largest absolute Gasteiger partial charge is 0.486 e. The molecule has 1 unspecified atom stereocenters. The number of fused-ring (bicyclic) bond motifs is 4. The van der Waals surface area contributed by atoms with Crippen molar-refractivity contribution in [2.24, 2.45) is 0 Å². The number of likely N-dealkylation sites (N-methyl/N-ethyl adjacent to an activating group) is 1. The lowest BCUT2D eigenvalue weighted by molar-refractivity contribution is -0.133. The molecule has 0 saturated carbocycles. The Morgan fingerprint density at radius 1 is 1.14 bits per heavy atom. The SMILES string of the molecule is CC(C)N(C)C(=O)COc1c(OCC2COc3ccccc3O2)nc(=O)n2c1-c1ccccc1CC2. The number of hydrogen-bond donors (Lipinski definition) is 0. The summed E-state index contributed by atoms with van der Waals surface area (Å²) in [5.41, 5.74) is 2.08. The molecule has 0 radical (unpaired) electrons. The maximum absolute atomic E-state index is 13.0. The molecule has 0 saturated heterocycles. The summed E-state index contributed by atoms with van der Waals surface area (Å²) >= 11 is 0. The third-order valence-electron chi connectivity index (χ3n) is 6.47. The fourth-order valence-electron chi connectivity index (χ4n) is 4.26. The molecule has 1 atom stereocenters. The predicted molar refractivity (Wildman–Crippen MR) is 133 cm³/mol. The van der Waals surface area contributed by atoms with E-state index in [-0.39, 0.29) is 43.4 Å². The van der Waals surface area contributed by atoms with Crippen LogP contribution in [-0.2, 0) is 17.8 Å². The molecule has 0 N–H and O–H groups in total. The molecule has 9 nitrogen and oxygen atoms in total. The Hall–Kier alpha value is -4.01. The van der Waals surface area contributed by atoms with Gasteiger partial charge in [-0.25, -0.2) is 4.79 Å². The summed E-state index contributed by atoms with van der Waals surface area (Å²) in [6.07, 6.45) is 0.292. The van der Waals surface area contributed by atoms with Crippen molar-refractivity contribution >= 4 is 5.91 Å². The molecule has 2 aliphatic heterocycles. The fourth-order valence-corrected chi connectivity index (χ4v) is 4.26. The zero-order valence-electron chi connectivity index (χ0n) is 20.6. The van der Waals surface area contributed by atoms with Crippen LogP contribution in [0.4, 0.5) is 0 Å². The van der Waals surface area contributed by atoms with E-state index in [2.05, 4.69) is 4.98 Å². The van der Waals surface area contributed by atoms with Gasteiger partial charge in [0.15, 0.2) is 24.2 Å². The number of para-hydroxylation sites is 2. The van der Waals surface area contributed by atoms with Crippen molar-refractivity contribution in [3.05, 3.63) is 64.6 Å². The van der Waals surface area contributed by atoms with E-state index in [9.17, 15) is 9.59 Å². The molecule has 2 aliphatic rings. The molecule has 3 aromatic rings. The lowest BCUT2D eigenvalue weighted by Gasteiger charge is -2.28. The number of carbonyl (C=O) groups is 1. The molecule has 1 aromatic heterocycles. The van der Waals surface area contributed by atoms with Crippen molar-refractivity contribution in [1.82, 2.24) is 14.5 Å². The van der Waals surface area contributed by atoms with Crippen molar-refractivity contribution in [1.29, 1.82) is 0 Å². The second-order valence-electron chi connectivity index (χ2n) is 9.13. The second-order valence-corrected chi connectivity index (χ2v) is 9.13. The van der Waals surface area contributed by atoms with Crippen LogP contribution < -0.4 is 24.6 Å². The topological polar surface area (TPSA) is 92.1 Å². The number of hydrogen-bond acceptors (Lipinski definition) is 7. The fraction of sp³-hybridized carbons (Fsp3) is 0.370. The van der Waals surface area contributed by atoms with Gasteiger partial charge in [-0.3, -0.25) is 9.36 Å². The molecule has 188 valence electrons. The minimum atomic E-state index is -0.432. The molecule has 0 spiro atoms. The standard InChI is InChI=1S/C27H29N3O6/c1-17(2)29(3)23(31)16-34-25-24-20-9-5-4-8-18(20)12-13-30(24)27(32)28-26(25)35-15-19-14-33-21-10-6-7-11-22(21)36-19/h4-11,17,19H,12-16H2,1-3H3. The molecule has 0 bridgehead atoms. The zero-order chi connectivity index (χ0) is 25.2. The summed E-state index contributed by atoms with van der Waals surface area (Å²) in [6, 6.07) is 15.3. The van der Waals surface area contributed by atoms with Crippen LogP contribution >= 0.6 is 0 Å². The Morgan fingerprint density at radius 3 is 2.69 bits per heavy atom. The molecule has 0 aliphatic carbocycles. The summed E-state index contributed by atoms with van der Waals surface area (Å²) in [4.78, 5) is 31.5. The molecular formula is C27H29N3O6. The number of aryl methyl sites for hydroxylation is 1. The van der Waals surface area contributed by atoms with E-state index in [1.807, 2.05) is 62.4 Å². The first-order valence-electron chi connectivity index (χ1n) is 12.0. The van der Waals surface area contributed by atoms with Crippen molar-refractivity contribution < 1.29 is 23.7 Å². The Labute approximate surface area is 209 Å². The lowest BCUT2D eigenvalue weighted by atomic mass is 9.97. The van der Waals surface area contributed by atoms with E-state index in [1.165, 1.54) is 0 Å². The molecule has 36 heavy (non-hydrogen) atoms. The van der Waals surface area contributed by atoms with Crippen LogP contribution in [0.2, 0.25) is 0 Å². The normalized spacial score (nSPS) is 15.6. The van der Waals surface area contributed by atoms with Crippen molar-refractivity contribution in [2.45, 2.75) is 39.0 Å². The summed E-state index contributed by atoms with van der Waals surface area (Å²) < 4.78 is 25.4. The average Bonchev–Trinajstić information content (AvgIpc) is 2.90. The van der Waals surface area contributed by atoms with E-state index in [0.717, 1.165) is 11.1 Å². The first kappa shape index (κ1) is 23.7. The van der Waals surface area contributed by atoms with Crippen LogP contribution in [0.1, 0.15) is 19.4 Å². The van der Waals surface area contributed by atoms with E-state index >= 15 is 0 Å². The highest BCUT2D eigenvalue weighted by Crippen LogP contribution is 2.40. The lowest BCUT2D eigenvalue weighted by Crippen LogP contribution is -2.37. The quantitative estimate of drug-likeness (QED) is 0.502. The number of nitrogens with zero attached hydrogens (tertiary/aromatic N) is 3. The molecule has 2 aromatic carbocycles. The Bertz CT molecular complexity index is 1340. The third kappa shape index (κ3) is 4.60. The van der Waals surface area contributed by atoms with Gasteiger partial charge in [-0.2, -0.15) is 4.98 Å². The number of aromatic nitrogens is 2. The van der Waals surface area contributed by atoms with Gasteiger partial charge in [0.25, 0.3) is 11.8 Å². The monoisotopic (exact) mass is 491 g/mol. The van der Waals surface area contributed by atoms with E-state index in [0.29, 0.717) is 30.2 Å². The van der Waals surface area contributed by atoms with Crippen LogP contribution in [0.25, 0.3) is 11.3 Å². The minimum Gasteiger partial charge on any atom is -0.486 e. The van der Waals surface area contributed by atoms with Gasteiger partial charge in [0.05, 0.1) is 0 Å². The van der Waals surface area contributed by atoms with Gasteiger partial charge in [-0.15, -0.1) is 0 Å². The molecule has 9 heteroatoms. The van der Waals surface area contributed by atoms with Crippen LogP contribution in [0, 0.1) is 0 Å². The van der Waals surface area contributed by atoms with Crippen molar-refractivity contribution in [3.63, 3.8) is 0 Å². The van der Waals surface area contributed by atoms with Gasteiger partial charge in [0, 0.05) is 25.2 Å². The average molecular weight is 492 g/mol. The van der Waals surface area contributed by atoms with Gasteiger partial charge in [0.2, 0.25) is 5.75 Å². The summed E-state index contributed by atoms with van der Waals surface area (Å²) in [7, 11) is 1.73. The first-order chi connectivity index (χ1) is 17.4. The van der Waals surface area contributed by atoms with Gasteiger partial charge in [0.1, 0.15) is 18.9 Å². The second kappa shape index (κ2) is 9.93. The smallest absolute Gasteiger partial charge is 0.351 e. The molecular weight excluding hydrogens is 462 g/mol. The van der Waals surface area contributed by atoms with Gasteiger partial charge in [-0.1, -0.05) is 36.4 Å². The number of rotatable bonds is 7. The molecule has 3 heterocycles. The highest BCUT2D eigenvalue weighted by atomic mass is 16.6. The Kier molecular flexibility index (Phi) is 6.54. The minimum absolute atomic E-state index is 0.0225. The third-order valence-corrected chi connectivity index (χ3v) is 6.47. The molecule has 1 amide bonds. The summed E-state index contributed by atoms with van der Waals surface area (Å²) in [6.45, 7) is 4.48. The number of amides is 1. The highest BCUT2D eigenvalue weighted by molar-refractivity contribution is 5.79. The Morgan fingerprint density at radius 2 is 1.89 bits per heavy atom.